The summed E-state index contributed by atoms with van der Waals surface area (Å²) < 4.78 is 1.94. The first kappa shape index (κ1) is 11.0. The smallest absolute Gasteiger partial charge is 0.131 e. The average Bonchev–Trinajstić information content (AvgIpc) is 2.74. The van der Waals surface area contributed by atoms with Gasteiger partial charge >= 0.3 is 0 Å². The number of halogens is 1. The second kappa shape index (κ2) is 4.99. The molecule has 0 aliphatic carbocycles. The first-order valence-corrected chi connectivity index (χ1v) is 5.54. The Morgan fingerprint density at radius 2 is 2.25 bits per heavy atom. The van der Waals surface area contributed by atoms with Crippen molar-refractivity contribution in [2.24, 2.45) is 0 Å². The Morgan fingerprint density at radius 1 is 1.38 bits per heavy atom. The maximum Gasteiger partial charge on any atom is 0.131 e. The van der Waals surface area contributed by atoms with Crippen LogP contribution in [0.15, 0.2) is 30.5 Å². The molecule has 0 aromatic carbocycles. The zero-order valence-corrected chi connectivity index (χ0v) is 9.78. The molecule has 5 heteroatoms. The van der Waals surface area contributed by atoms with Crippen LogP contribution in [0.25, 0.3) is 0 Å². The fourth-order valence-electron chi connectivity index (χ4n) is 1.48. The fourth-order valence-corrected chi connectivity index (χ4v) is 1.65. The third kappa shape index (κ3) is 2.52. The lowest BCUT2D eigenvalue weighted by Crippen LogP contribution is -2.08. The summed E-state index contributed by atoms with van der Waals surface area (Å²) in [6, 6.07) is 7.50. The van der Waals surface area contributed by atoms with Crippen molar-refractivity contribution in [3.8, 4) is 0 Å². The second-order valence-electron chi connectivity index (χ2n) is 3.34. The molecule has 2 rings (SSSR count). The molecule has 0 unspecified atom stereocenters. The highest BCUT2D eigenvalue weighted by Gasteiger charge is 2.01. The minimum absolute atomic E-state index is 0.494. The zero-order valence-electron chi connectivity index (χ0n) is 9.02. The first-order chi connectivity index (χ1) is 7.79. The van der Waals surface area contributed by atoms with Gasteiger partial charge in [-0.2, -0.15) is 5.10 Å². The summed E-state index contributed by atoms with van der Waals surface area (Å²) in [5.41, 5.74) is 1.13. The van der Waals surface area contributed by atoms with Crippen molar-refractivity contribution >= 4 is 17.4 Å². The molecule has 84 valence electrons. The topological polar surface area (TPSA) is 42.7 Å². The summed E-state index contributed by atoms with van der Waals surface area (Å²) in [5.74, 6) is 0.774. The largest absolute Gasteiger partial charge is 0.364 e. The molecule has 0 atom stereocenters. The number of nitrogens with zero attached hydrogens (tertiary/aromatic N) is 3. The van der Waals surface area contributed by atoms with Crippen molar-refractivity contribution in [1.29, 1.82) is 0 Å². The van der Waals surface area contributed by atoms with E-state index < -0.39 is 0 Å². The minimum Gasteiger partial charge on any atom is -0.364 e. The van der Waals surface area contributed by atoms with Crippen molar-refractivity contribution in [2.75, 3.05) is 5.32 Å². The van der Waals surface area contributed by atoms with E-state index in [1.165, 1.54) is 0 Å². The van der Waals surface area contributed by atoms with E-state index in [9.17, 15) is 0 Å². The van der Waals surface area contributed by atoms with Gasteiger partial charge in [0.15, 0.2) is 0 Å². The molecule has 16 heavy (non-hydrogen) atoms. The number of rotatable bonds is 4. The van der Waals surface area contributed by atoms with E-state index in [0.29, 0.717) is 11.7 Å². The van der Waals surface area contributed by atoms with Gasteiger partial charge in [-0.25, -0.2) is 4.98 Å². The molecule has 2 heterocycles. The van der Waals surface area contributed by atoms with Crippen molar-refractivity contribution < 1.29 is 0 Å². The van der Waals surface area contributed by atoms with Gasteiger partial charge in [-0.05, 0) is 25.1 Å². The van der Waals surface area contributed by atoms with E-state index in [4.69, 9.17) is 11.6 Å². The van der Waals surface area contributed by atoms with Crippen LogP contribution in [0.4, 0.5) is 5.82 Å². The van der Waals surface area contributed by atoms with Gasteiger partial charge in [-0.15, -0.1) is 0 Å². The average molecular weight is 237 g/mol. The molecule has 2 aromatic rings. The van der Waals surface area contributed by atoms with Crippen LogP contribution in [0.1, 0.15) is 12.6 Å². The van der Waals surface area contributed by atoms with E-state index in [1.807, 2.05) is 22.9 Å². The van der Waals surface area contributed by atoms with Gasteiger partial charge in [-0.1, -0.05) is 17.7 Å². The van der Waals surface area contributed by atoms with Gasteiger partial charge in [0.05, 0.1) is 12.2 Å². The lowest BCUT2D eigenvalue weighted by atomic mass is 10.4. The molecule has 0 saturated carbocycles. The van der Waals surface area contributed by atoms with Crippen LogP contribution < -0.4 is 5.32 Å². The Bertz CT molecular complexity index is 467. The molecular weight excluding hydrogens is 224 g/mol. The first-order valence-electron chi connectivity index (χ1n) is 5.16. The molecule has 0 spiro atoms. The van der Waals surface area contributed by atoms with E-state index in [0.717, 1.165) is 18.1 Å². The van der Waals surface area contributed by atoms with Crippen molar-refractivity contribution in [2.45, 2.75) is 20.0 Å². The quantitative estimate of drug-likeness (QED) is 0.830. The monoisotopic (exact) mass is 236 g/mol. The second-order valence-corrected chi connectivity index (χ2v) is 3.72. The molecule has 0 aliphatic heterocycles. The van der Waals surface area contributed by atoms with Gasteiger partial charge in [0.1, 0.15) is 11.0 Å². The Kier molecular flexibility index (Phi) is 3.41. The molecule has 4 nitrogen and oxygen atoms in total. The molecule has 0 fully saturated rings. The molecular formula is C11H13ClN4. The maximum absolute atomic E-state index is 5.80. The number of aryl methyl sites for hydroxylation is 1. The predicted molar refractivity (Wildman–Crippen MR) is 64.5 cm³/mol. The molecule has 0 aliphatic rings. The maximum atomic E-state index is 5.80. The van der Waals surface area contributed by atoms with Crippen molar-refractivity contribution in [1.82, 2.24) is 14.8 Å². The minimum atomic E-state index is 0.494. The zero-order chi connectivity index (χ0) is 11.4. The molecule has 1 N–H and O–H groups in total. The predicted octanol–water partition coefficient (Wildman–Crippen LogP) is 2.56. The Morgan fingerprint density at radius 3 is 3.00 bits per heavy atom. The van der Waals surface area contributed by atoms with E-state index in [-0.39, 0.29) is 0 Å². The van der Waals surface area contributed by atoms with E-state index >= 15 is 0 Å². The van der Waals surface area contributed by atoms with Crippen LogP contribution >= 0.6 is 11.6 Å². The highest BCUT2D eigenvalue weighted by atomic mass is 35.5. The SMILES string of the molecule is CCn1nccc1CNc1cccc(Cl)n1. The van der Waals surface area contributed by atoms with Gasteiger partial charge in [0, 0.05) is 12.7 Å². The summed E-state index contributed by atoms with van der Waals surface area (Å²) in [5, 5.41) is 7.90. The third-order valence-corrected chi connectivity index (χ3v) is 2.48. The number of hydrogen-bond donors (Lipinski definition) is 1. The highest BCUT2D eigenvalue weighted by molar-refractivity contribution is 6.29. The molecule has 0 saturated heterocycles. The lowest BCUT2D eigenvalue weighted by Gasteiger charge is -2.07. The molecule has 0 bridgehead atoms. The highest BCUT2D eigenvalue weighted by Crippen LogP contribution is 2.10. The number of pyridine rings is 1. The van der Waals surface area contributed by atoms with Crippen LogP contribution in [-0.2, 0) is 13.1 Å². The number of nitrogens with one attached hydrogen (secondary N) is 1. The fraction of sp³-hybridized carbons (Fsp3) is 0.273. The van der Waals surface area contributed by atoms with Gasteiger partial charge < -0.3 is 5.32 Å². The summed E-state index contributed by atoms with van der Waals surface area (Å²) >= 11 is 5.80. The summed E-state index contributed by atoms with van der Waals surface area (Å²) in [6.07, 6.45) is 1.80. The van der Waals surface area contributed by atoms with Crippen molar-refractivity contribution in [3.63, 3.8) is 0 Å². The van der Waals surface area contributed by atoms with Gasteiger partial charge in [0.25, 0.3) is 0 Å². The standard InChI is InChI=1S/C11H13ClN4/c1-2-16-9(6-7-14-16)8-13-11-5-3-4-10(12)15-11/h3-7H,2,8H2,1H3,(H,13,15). The molecule has 0 radical (unpaired) electrons. The van der Waals surface area contributed by atoms with E-state index in [2.05, 4.69) is 22.3 Å². The van der Waals surface area contributed by atoms with Crippen LogP contribution in [-0.4, -0.2) is 14.8 Å². The molecule has 0 amide bonds. The van der Waals surface area contributed by atoms with Gasteiger partial charge in [-0.3, -0.25) is 4.68 Å². The van der Waals surface area contributed by atoms with Gasteiger partial charge in [0.2, 0.25) is 0 Å². The van der Waals surface area contributed by atoms with Crippen LogP contribution in [0.5, 0.6) is 0 Å². The number of hydrogen-bond acceptors (Lipinski definition) is 3. The summed E-state index contributed by atoms with van der Waals surface area (Å²) in [7, 11) is 0. The third-order valence-electron chi connectivity index (χ3n) is 2.27. The Hall–Kier alpha value is -1.55. The normalized spacial score (nSPS) is 10.4. The van der Waals surface area contributed by atoms with E-state index in [1.54, 1.807) is 12.3 Å². The lowest BCUT2D eigenvalue weighted by molar-refractivity contribution is 0.627. The summed E-state index contributed by atoms with van der Waals surface area (Å²) in [6.45, 7) is 3.63. The molecule has 2 aromatic heterocycles. The Labute approximate surface area is 99.3 Å². The summed E-state index contributed by atoms with van der Waals surface area (Å²) in [4.78, 5) is 4.15. The van der Waals surface area contributed by atoms with Crippen LogP contribution in [0.3, 0.4) is 0 Å². The van der Waals surface area contributed by atoms with Crippen molar-refractivity contribution in [3.05, 3.63) is 41.3 Å². The number of anilines is 1. The Balaban J connectivity index is 2.02. The van der Waals surface area contributed by atoms with Crippen LogP contribution in [0, 0.1) is 0 Å². The van der Waals surface area contributed by atoms with Crippen LogP contribution in [0.2, 0.25) is 5.15 Å². The number of aromatic nitrogens is 3.